The van der Waals surface area contributed by atoms with Gasteiger partial charge in [-0.05, 0) is 70.4 Å². The lowest BCUT2D eigenvalue weighted by atomic mass is 9.80. The summed E-state index contributed by atoms with van der Waals surface area (Å²) < 4.78 is 28.6. The van der Waals surface area contributed by atoms with Crippen LogP contribution in [0.2, 0.25) is 0 Å². The van der Waals surface area contributed by atoms with Crippen LogP contribution in [0, 0.1) is 11.8 Å². The summed E-state index contributed by atoms with van der Waals surface area (Å²) in [6.07, 6.45) is 4.17. The van der Waals surface area contributed by atoms with Gasteiger partial charge in [-0.3, -0.25) is 4.79 Å². The summed E-state index contributed by atoms with van der Waals surface area (Å²) in [5.74, 6) is 0.380. The van der Waals surface area contributed by atoms with E-state index in [9.17, 15) is 13.6 Å². The fraction of sp³-hybridized carbons (Fsp3) is 0.944. The number of rotatable bonds is 5. The van der Waals surface area contributed by atoms with Gasteiger partial charge in [-0.2, -0.15) is 0 Å². The zero-order valence-corrected chi connectivity index (χ0v) is 14.6. The molecule has 1 aliphatic heterocycles. The molecule has 0 aromatic carbocycles. The van der Waals surface area contributed by atoms with E-state index in [-0.39, 0.29) is 17.7 Å². The Morgan fingerprint density at radius 1 is 1.30 bits per heavy atom. The number of hydrogen-bond donors (Lipinski definition) is 1. The Morgan fingerprint density at radius 2 is 2.09 bits per heavy atom. The lowest BCUT2D eigenvalue weighted by molar-refractivity contribution is -0.132. The molecule has 2 rings (SSSR count). The number of nitrogens with zero attached hydrogens (tertiary/aromatic N) is 1. The first-order valence-corrected chi connectivity index (χ1v) is 9.19. The first-order valence-electron chi connectivity index (χ1n) is 9.19. The van der Waals surface area contributed by atoms with Crippen LogP contribution in [-0.4, -0.2) is 49.3 Å². The average Bonchev–Trinajstić information content (AvgIpc) is 2.71. The summed E-state index contributed by atoms with van der Waals surface area (Å²) in [6.45, 7) is 3.76. The van der Waals surface area contributed by atoms with E-state index in [1.807, 2.05) is 18.9 Å². The highest BCUT2D eigenvalue weighted by Gasteiger charge is 2.34. The Kier molecular flexibility index (Phi) is 6.81. The Bertz CT molecular complexity index is 393. The molecular weight excluding hydrogens is 298 g/mol. The van der Waals surface area contributed by atoms with Crippen molar-refractivity contribution >= 4 is 5.91 Å². The van der Waals surface area contributed by atoms with Crippen LogP contribution in [0.4, 0.5) is 8.78 Å². The summed E-state index contributed by atoms with van der Waals surface area (Å²) in [6, 6.07) is 0. The minimum Gasteiger partial charge on any atom is -0.343 e. The Balaban J connectivity index is 1.81. The Hall–Kier alpha value is -0.710. The minimum absolute atomic E-state index is 0.0922. The monoisotopic (exact) mass is 330 g/mol. The number of carbonyl (C=O) groups is 1. The van der Waals surface area contributed by atoms with Crippen LogP contribution < -0.4 is 5.32 Å². The summed E-state index contributed by atoms with van der Waals surface area (Å²) in [5, 5.41) is 3.00. The number of nitrogens with one attached hydrogen (secondary N) is 1. The van der Waals surface area contributed by atoms with Gasteiger partial charge >= 0.3 is 0 Å². The molecule has 1 saturated carbocycles. The average molecular weight is 330 g/mol. The van der Waals surface area contributed by atoms with Crippen molar-refractivity contribution in [3.63, 3.8) is 0 Å². The molecule has 3 nitrogen and oxygen atoms in total. The standard InChI is InChI=1S/C18H32F2N2O/c1-14-4-5-15(12-16(14)19)13-17(23)22-10-3-6-18(20,8-11-22)7-9-21-2/h14-16,21H,3-13H2,1-2H3. The molecular formula is C18H32F2N2O. The second-order valence-electron chi connectivity index (χ2n) is 7.62. The molecule has 2 fully saturated rings. The van der Waals surface area contributed by atoms with E-state index in [1.165, 1.54) is 0 Å². The lowest BCUT2D eigenvalue weighted by Crippen LogP contribution is -2.36. The van der Waals surface area contributed by atoms with Gasteiger partial charge in [-0.1, -0.05) is 6.92 Å². The molecule has 134 valence electrons. The fourth-order valence-electron chi connectivity index (χ4n) is 3.92. The third-order valence-corrected chi connectivity index (χ3v) is 5.73. The molecule has 0 aromatic heterocycles. The van der Waals surface area contributed by atoms with Crippen molar-refractivity contribution in [3.05, 3.63) is 0 Å². The lowest BCUT2D eigenvalue weighted by Gasteiger charge is -2.31. The highest BCUT2D eigenvalue weighted by molar-refractivity contribution is 5.76. The van der Waals surface area contributed by atoms with E-state index >= 15 is 0 Å². The third-order valence-electron chi connectivity index (χ3n) is 5.73. The molecule has 4 atom stereocenters. The maximum atomic E-state index is 14.8. The molecule has 0 spiro atoms. The van der Waals surface area contributed by atoms with Gasteiger partial charge in [0, 0.05) is 19.5 Å². The summed E-state index contributed by atoms with van der Waals surface area (Å²) in [7, 11) is 1.83. The van der Waals surface area contributed by atoms with Crippen molar-refractivity contribution in [2.24, 2.45) is 11.8 Å². The molecule has 1 amide bonds. The molecule has 1 N–H and O–H groups in total. The minimum atomic E-state index is -1.15. The smallest absolute Gasteiger partial charge is 0.222 e. The SMILES string of the molecule is CNCCC1(F)CCCN(C(=O)CC2CCC(C)C(F)C2)CC1. The van der Waals surface area contributed by atoms with E-state index < -0.39 is 11.8 Å². The van der Waals surface area contributed by atoms with Crippen LogP contribution in [0.15, 0.2) is 0 Å². The van der Waals surface area contributed by atoms with Crippen LogP contribution in [-0.2, 0) is 4.79 Å². The third kappa shape index (κ3) is 5.40. The van der Waals surface area contributed by atoms with Gasteiger partial charge in [0.05, 0.1) is 0 Å². The van der Waals surface area contributed by atoms with Crippen molar-refractivity contribution in [2.75, 3.05) is 26.7 Å². The molecule has 0 radical (unpaired) electrons. The maximum Gasteiger partial charge on any atom is 0.222 e. The molecule has 23 heavy (non-hydrogen) atoms. The molecule has 1 saturated heterocycles. The van der Waals surface area contributed by atoms with Crippen molar-refractivity contribution in [1.82, 2.24) is 10.2 Å². The van der Waals surface area contributed by atoms with Crippen LogP contribution in [0.3, 0.4) is 0 Å². The van der Waals surface area contributed by atoms with Gasteiger partial charge in [0.2, 0.25) is 5.91 Å². The highest BCUT2D eigenvalue weighted by atomic mass is 19.1. The quantitative estimate of drug-likeness (QED) is 0.837. The summed E-state index contributed by atoms with van der Waals surface area (Å²) in [5.41, 5.74) is -1.15. The zero-order chi connectivity index (χ0) is 16.9. The molecule has 1 heterocycles. The predicted molar refractivity (Wildman–Crippen MR) is 88.8 cm³/mol. The van der Waals surface area contributed by atoms with E-state index in [2.05, 4.69) is 5.32 Å². The number of hydrogen-bond acceptors (Lipinski definition) is 2. The van der Waals surface area contributed by atoms with Gasteiger partial charge < -0.3 is 10.2 Å². The summed E-state index contributed by atoms with van der Waals surface area (Å²) >= 11 is 0. The van der Waals surface area contributed by atoms with Gasteiger partial charge in [0.1, 0.15) is 11.8 Å². The van der Waals surface area contributed by atoms with Crippen LogP contribution in [0.1, 0.15) is 58.3 Å². The number of likely N-dealkylation sites (tertiary alicyclic amines) is 1. The summed E-state index contributed by atoms with van der Waals surface area (Å²) in [4.78, 5) is 14.3. The van der Waals surface area contributed by atoms with Crippen molar-refractivity contribution in [3.8, 4) is 0 Å². The first kappa shape index (κ1) is 18.6. The fourth-order valence-corrected chi connectivity index (χ4v) is 3.92. The largest absolute Gasteiger partial charge is 0.343 e. The maximum absolute atomic E-state index is 14.8. The van der Waals surface area contributed by atoms with Crippen LogP contribution in [0.5, 0.6) is 0 Å². The number of alkyl halides is 2. The van der Waals surface area contributed by atoms with Crippen LogP contribution in [0.25, 0.3) is 0 Å². The van der Waals surface area contributed by atoms with E-state index in [1.54, 1.807) is 0 Å². The molecule has 4 unspecified atom stereocenters. The topological polar surface area (TPSA) is 32.3 Å². The zero-order valence-electron chi connectivity index (χ0n) is 14.6. The van der Waals surface area contributed by atoms with Gasteiger partial charge in [-0.15, -0.1) is 0 Å². The van der Waals surface area contributed by atoms with Gasteiger partial charge in [0.25, 0.3) is 0 Å². The highest BCUT2D eigenvalue weighted by Crippen LogP contribution is 2.34. The Morgan fingerprint density at radius 3 is 2.78 bits per heavy atom. The van der Waals surface area contributed by atoms with Crippen molar-refractivity contribution in [2.45, 2.75) is 70.1 Å². The van der Waals surface area contributed by atoms with Crippen molar-refractivity contribution < 1.29 is 13.6 Å². The van der Waals surface area contributed by atoms with Crippen LogP contribution >= 0.6 is 0 Å². The number of carbonyl (C=O) groups excluding carboxylic acids is 1. The van der Waals surface area contributed by atoms with Gasteiger partial charge in [-0.25, -0.2) is 8.78 Å². The molecule has 1 aliphatic carbocycles. The Labute approximate surface area is 139 Å². The predicted octanol–water partition coefficient (Wildman–Crippen LogP) is 3.48. The molecule has 2 aliphatic rings. The van der Waals surface area contributed by atoms with E-state index in [4.69, 9.17) is 0 Å². The number of halogens is 2. The van der Waals surface area contributed by atoms with Gasteiger partial charge in [0.15, 0.2) is 0 Å². The molecule has 5 heteroatoms. The van der Waals surface area contributed by atoms with E-state index in [0.29, 0.717) is 51.7 Å². The second kappa shape index (κ2) is 8.41. The second-order valence-corrected chi connectivity index (χ2v) is 7.62. The van der Waals surface area contributed by atoms with E-state index in [0.717, 1.165) is 19.3 Å². The normalized spacial score (nSPS) is 35.8. The molecule has 0 bridgehead atoms. The molecule has 0 aromatic rings. The number of amides is 1. The first-order chi connectivity index (χ1) is 10.9. The van der Waals surface area contributed by atoms with Crippen molar-refractivity contribution in [1.29, 1.82) is 0 Å².